The zero-order chi connectivity index (χ0) is 24.6. The highest BCUT2D eigenvalue weighted by molar-refractivity contribution is 5.91. The standard InChI is InChI=1S/C22H29F3N4O4/c1-3-29(11-10-16-6-4-5-7-17(16)27-14(2)30)20(32)18(12-15-8-9-15)28-19(31)13-26-21(33)22(23,24)25/h4-7,15,18H,3,8-13H2,1-2H3,(H,26,33)(H,27,30)(H,28,31). The molecular formula is C22H29F3N4O4. The maximum Gasteiger partial charge on any atom is 0.471 e. The molecule has 1 atom stereocenters. The Morgan fingerprint density at radius 2 is 1.82 bits per heavy atom. The number of nitrogens with one attached hydrogen (secondary N) is 3. The van der Waals surface area contributed by atoms with E-state index in [0.29, 0.717) is 31.6 Å². The highest BCUT2D eigenvalue weighted by Gasteiger charge is 2.39. The predicted molar refractivity (Wildman–Crippen MR) is 115 cm³/mol. The number of likely N-dealkylation sites (N-methyl/N-ethyl adjacent to an activating group) is 1. The Morgan fingerprint density at radius 1 is 1.15 bits per heavy atom. The average molecular weight is 470 g/mol. The van der Waals surface area contributed by atoms with E-state index in [-0.39, 0.29) is 17.7 Å². The Labute approximate surface area is 190 Å². The molecule has 1 aromatic rings. The number of alkyl halides is 3. The van der Waals surface area contributed by atoms with Crippen LogP contribution in [0.15, 0.2) is 24.3 Å². The molecule has 1 aliphatic carbocycles. The van der Waals surface area contributed by atoms with E-state index in [9.17, 15) is 32.3 Å². The highest BCUT2D eigenvalue weighted by atomic mass is 19.4. The lowest BCUT2D eigenvalue weighted by Gasteiger charge is -2.27. The van der Waals surface area contributed by atoms with E-state index in [4.69, 9.17) is 0 Å². The number of rotatable bonds is 11. The summed E-state index contributed by atoms with van der Waals surface area (Å²) in [6.07, 6.45) is -2.41. The van der Waals surface area contributed by atoms with Crippen molar-refractivity contribution in [2.45, 2.75) is 51.7 Å². The fraction of sp³-hybridized carbons (Fsp3) is 0.545. The minimum absolute atomic E-state index is 0.212. The quantitative estimate of drug-likeness (QED) is 0.460. The number of hydrogen-bond acceptors (Lipinski definition) is 4. The Morgan fingerprint density at radius 3 is 2.39 bits per heavy atom. The second kappa shape index (κ2) is 11.7. The van der Waals surface area contributed by atoms with Crippen LogP contribution >= 0.6 is 0 Å². The van der Waals surface area contributed by atoms with Crippen LogP contribution in [0.2, 0.25) is 0 Å². The molecule has 11 heteroatoms. The number of hydrogen-bond donors (Lipinski definition) is 3. The van der Waals surface area contributed by atoms with Gasteiger partial charge in [-0.2, -0.15) is 13.2 Å². The lowest BCUT2D eigenvalue weighted by Crippen LogP contribution is -2.52. The summed E-state index contributed by atoms with van der Waals surface area (Å²) in [6.45, 7) is 3.01. The first-order valence-electron chi connectivity index (χ1n) is 10.8. The molecule has 1 unspecified atom stereocenters. The Hall–Kier alpha value is -3.11. The van der Waals surface area contributed by atoms with Crippen molar-refractivity contribution >= 4 is 29.3 Å². The Balaban J connectivity index is 2.00. The smallest absolute Gasteiger partial charge is 0.343 e. The van der Waals surface area contributed by atoms with E-state index in [1.807, 2.05) is 12.1 Å². The third kappa shape index (κ3) is 8.74. The first kappa shape index (κ1) is 26.1. The van der Waals surface area contributed by atoms with Crippen LogP contribution in [0.3, 0.4) is 0 Å². The molecule has 0 radical (unpaired) electrons. The number of carbonyl (C=O) groups is 4. The molecule has 2 rings (SSSR count). The van der Waals surface area contributed by atoms with Gasteiger partial charge in [0, 0.05) is 25.7 Å². The van der Waals surface area contributed by atoms with Crippen LogP contribution < -0.4 is 16.0 Å². The lowest BCUT2D eigenvalue weighted by molar-refractivity contribution is -0.173. The minimum Gasteiger partial charge on any atom is -0.343 e. The van der Waals surface area contributed by atoms with Crippen molar-refractivity contribution in [3.63, 3.8) is 0 Å². The summed E-state index contributed by atoms with van der Waals surface area (Å²) in [5.74, 6) is -3.36. The first-order valence-corrected chi connectivity index (χ1v) is 10.8. The number of benzene rings is 1. The van der Waals surface area contributed by atoms with Crippen molar-refractivity contribution in [3.05, 3.63) is 29.8 Å². The fourth-order valence-corrected chi connectivity index (χ4v) is 3.36. The second-order valence-electron chi connectivity index (χ2n) is 7.99. The van der Waals surface area contributed by atoms with E-state index in [0.717, 1.165) is 18.4 Å². The van der Waals surface area contributed by atoms with Crippen LogP contribution in [-0.4, -0.2) is 60.4 Å². The van der Waals surface area contributed by atoms with E-state index in [1.165, 1.54) is 12.2 Å². The molecule has 1 fully saturated rings. The normalized spacial score (nSPS) is 14.2. The monoisotopic (exact) mass is 470 g/mol. The SMILES string of the molecule is CCN(CCc1ccccc1NC(C)=O)C(=O)C(CC1CC1)NC(=O)CNC(=O)C(F)(F)F. The zero-order valence-electron chi connectivity index (χ0n) is 18.6. The van der Waals surface area contributed by atoms with Crippen LogP contribution in [0.5, 0.6) is 0 Å². The number of halogens is 3. The van der Waals surface area contributed by atoms with Crippen LogP contribution in [0.4, 0.5) is 18.9 Å². The molecule has 3 N–H and O–H groups in total. The van der Waals surface area contributed by atoms with Gasteiger partial charge in [0.25, 0.3) is 0 Å². The number of anilines is 1. The molecule has 1 aromatic carbocycles. The number of para-hydroxylation sites is 1. The van der Waals surface area contributed by atoms with Crippen molar-refractivity contribution in [1.29, 1.82) is 0 Å². The third-order valence-electron chi connectivity index (χ3n) is 5.24. The van der Waals surface area contributed by atoms with Gasteiger partial charge in [-0.1, -0.05) is 31.0 Å². The van der Waals surface area contributed by atoms with E-state index in [1.54, 1.807) is 24.0 Å². The Kier molecular flexibility index (Phi) is 9.24. The van der Waals surface area contributed by atoms with Gasteiger partial charge in [-0.25, -0.2) is 0 Å². The average Bonchev–Trinajstić information content (AvgIpc) is 3.56. The van der Waals surface area contributed by atoms with Crippen LogP contribution in [-0.2, 0) is 25.6 Å². The van der Waals surface area contributed by atoms with Gasteiger partial charge in [0.15, 0.2) is 0 Å². The molecule has 182 valence electrons. The van der Waals surface area contributed by atoms with E-state index >= 15 is 0 Å². The summed E-state index contributed by atoms with van der Waals surface area (Å²) in [5, 5.41) is 6.74. The van der Waals surface area contributed by atoms with E-state index in [2.05, 4.69) is 10.6 Å². The lowest BCUT2D eigenvalue weighted by atomic mass is 10.1. The van der Waals surface area contributed by atoms with Gasteiger partial charge in [0.1, 0.15) is 6.04 Å². The van der Waals surface area contributed by atoms with Crippen molar-refractivity contribution in [3.8, 4) is 0 Å². The Bertz CT molecular complexity index is 871. The first-order chi connectivity index (χ1) is 15.5. The van der Waals surface area contributed by atoms with E-state index < -0.39 is 30.6 Å². The van der Waals surface area contributed by atoms with Crippen LogP contribution in [0.25, 0.3) is 0 Å². The molecule has 1 saturated carbocycles. The molecule has 0 bridgehead atoms. The number of nitrogens with zero attached hydrogens (tertiary/aromatic N) is 1. The largest absolute Gasteiger partial charge is 0.471 e. The van der Waals surface area contributed by atoms with Crippen LogP contribution in [0, 0.1) is 5.92 Å². The predicted octanol–water partition coefficient (Wildman–Crippen LogP) is 2.00. The molecule has 4 amide bonds. The molecule has 0 aliphatic heterocycles. The summed E-state index contributed by atoms with van der Waals surface area (Å²) in [5.41, 5.74) is 1.49. The van der Waals surface area contributed by atoms with Gasteiger partial charge in [-0.05, 0) is 37.3 Å². The number of carbonyl (C=O) groups excluding carboxylic acids is 4. The zero-order valence-corrected chi connectivity index (χ0v) is 18.6. The van der Waals surface area contributed by atoms with Gasteiger partial charge < -0.3 is 20.9 Å². The maximum absolute atomic E-state index is 13.1. The van der Waals surface area contributed by atoms with Gasteiger partial charge in [0.05, 0.1) is 6.54 Å². The second-order valence-corrected chi connectivity index (χ2v) is 7.99. The van der Waals surface area contributed by atoms with Crippen molar-refractivity contribution in [2.75, 3.05) is 25.0 Å². The van der Waals surface area contributed by atoms with Crippen molar-refractivity contribution in [2.24, 2.45) is 5.92 Å². The van der Waals surface area contributed by atoms with Gasteiger partial charge in [0.2, 0.25) is 17.7 Å². The molecule has 33 heavy (non-hydrogen) atoms. The summed E-state index contributed by atoms with van der Waals surface area (Å²) >= 11 is 0. The molecule has 0 spiro atoms. The number of amides is 4. The molecule has 8 nitrogen and oxygen atoms in total. The van der Waals surface area contributed by atoms with Gasteiger partial charge in [-0.15, -0.1) is 0 Å². The third-order valence-corrected chi connectivity index (χ3v) is 5.24. The molecular weight excluding hydrogens is 441 g/mol. The fourth-order valence-electron chi connectivity index (χ4n) is 3.36. The van der Waals surface area contributed by atoms with Crippen molar-refractivity contribution in [1.82, 2.24) is 15.5 Å². The minimum atomic E-state index is -5.09. The summed E-state index contributed by atoms with van der Waals surface area (Å²) in [4.78, 5) is 49.2. The molecule has 0 aromatic heterocycles. The van der Waals surface area contributed by atoms with Crippen LogP contribution in [0.1, 0.15) is 38.7 Å². The van der Waals surface area contributed by atoms with Gasteiger partial charge in [-0.3, -0.25) is 19.2 Å². The van der Waals surface area contributed by atoms with Gasteiger partial charge >= 0.3 is 12.1 Å². The topological polar surface area (TPSA) is 108 Å². The molecule has 1 aliphatic rings. The summed E-state index contributed by atoms with van der Waals surface area (Å²) < 4.78 is 37.0. The summed E-state index contributed by atoms with van der Waals surface area (Å²) in [6, 6.07) is 6.33. The molecule has 0 saturated heterocycles. The summed E-state index contributed by atoms with van der Waals surface area (Å²) in [7, 11) is 0. The molecule has 0 heterocycles. The van der Waals surface area contributed by atoms with Crippen molar-refractivity contribution < 1.29 is 32.3 Å². The maximum atomic E-state index is 13.1. The highest BCUT2D eigenvalue weighted by Crippen LogP contribution is 2.34.